The molecule has 0 bridgehead atoms. The third-order valence-electron chi connectivity index (χ3n) is 9.77. The molecule has 11 aromatic rings. The third-order valence-corrected chi connectivity index (χ3v) is 13.4. The van der Waals surface area contributed by atoms with Crippen molar-refractivity contribution in [2.75, 3.05) is 0 Å². The number of nitrogens with zero attached hydrogens (tertiary/aromatic N) is 3. The lowest BCUT2D eigenvalue weighted by Crippen LogP contribution is -2.00. The molecule has 0 fully saturated rings. The molecule has 0 radical (unpaired) electrons. The van der Waals surface area contributed by atoms with Crippen LogP contribution in [-0.4, -0.2) is 15.0 Å². The summed E-state index contributed by atoms with van der Waals surface area (Å²) in [5.41, 5.74) is 5.52. The smallest absolute Gasteiger partial charge is 0.165 e. The first-order valence-electron chi connectivity index (χ1n) is 16.9. The van der Waals surface area contributed by atoms with Gasteiger partial charge in [0.25, 0.3) is 0 Å². The monoisotopic (exact) mass is 703 g/mol. The maximum atomic E-state index is 5.25. The fraction of sp³-hybridized carbons (Fsp3) is 0. The molecule has 0 aliphatic rings. The van der Waals surface area contributed by atoms with Crippen molar-refractivity contribution in [3.8, 4) is 45.3 Å². The van der Waals surface area contributed by atoms with Crippen molar-refractivity contribution < 1.29 is 0 Å². The Bertz CT molecular complexity index is 3150. The molecule has 0 saturated carbocycles. The summed E-state index contributed by atoms with van der Waals surface area (Å²) >= 11 is 5.49. The number of aromatic nitrogens is 3. The Balaban J connectivity index is 1.11. The van der Waals surface area contributed by atoms with Crippen LogP contribution >= 0.6 is 34.0 Å². The van der Waals surface area contributed by atoms with E-state index in [4.69, 9.17) is 15.0 Å². The largest absolute Gasteiger partial charge is 0.208 e. The van der Waals surface area contributed by atoms with Gasteiger partial charge in [-0.25, -0.2) is 15.0 Å². The lowest BCUT2D eigenvalue weighted by atomic mass is 10.0. The molecule has 4 heterocycles. The molecular formula is C45H25N3S3. The summed E-state index contributed by atoms with van der Waals surface area (Å²) in [4.78, 5) is 15.5. The summed E-state index contributed by atoms with van der Waals surface area (Å²) < 4.78 is 7.54. The summed E-state index contributed by atoms with van der Waals surface area (Å²) in [7, 11) is 0. The lowest BCUT2D eigenvalue weighted by molar-refractivity contribution is 1.08. The van der Waals surface area contributed by atoms with Gasteiger partial charge >= 0.3 is 0 Å². The predicted molar refractivity (Wildman–Crippen MR) is 220 cm³/mol. The van der Waals surface area contributed by atoms with Crippen LogP contribution in [0.4, 0.5) is 0 Å². The molecule has 238 valence electrons. The molecule has 0 saturated heterocycles. The molecule has 0 aliphatic heterocycles. The van der Waals surface area contributed by atoms with Crippen LogP contribution in [0.2, 0.25) is 0 Å². The van der Waals surface area contributed by atoms with Crippen molar-refractivity contribution in [1.82, 2.24) is 15.0 Å². The highest BCUT2D eigenvalue weighted by atomic mass is 32.1. The Morgan fingerprint density at radius 2 is 0.745 bits per heavy atom. The zero-order valence-electron chi connectivity index (χ0n) is 27.0. The van der Waals surface area contributed by atoms with Crippen LogP contribution in [0.3, 0.4) is 0 Å². The van der Waals surface area contributed by atoms with Crippen molar-refractivity contribution in [1.29, 1.82) is 0 Å². The van der Waals surface area contributed by atoms with Crippen molar-refractivity contribution in [3.63, 3.8) is 0 Å². The molecule has 51 heavy (non-hydrogen) atoms. The number of fused-ring (bicyclic) bond motifs is 9. The van der Waals surface area contributed by atoms with E-state index in [1.54, 1.807) is 11.3 Å². The van der Waals surface area contributed by atoms with Gasteiger partial charge in [0.1, 0.15) is 0 Å². The number of hydrogen-bond donors (Lipinski definition) is 0. The van der Waals surface area contributed by atoms with Gasteiger partial charge in [-0.15, -0.1) is 34.0 Å². The van der Waals surface area contributed by atoms with Gasteiger partial charge in [0, 0.05) is 77.2 Å². The standard InChI is InChI=1S/C45H25N3S3/c1-2-11-26(12-3-1)43-46-44(35-19-9-17-33-30-14-5-7-22-38(30)50-41(33)35)48-45(47-43)36-20-10-18-34-31-24-23-27(25-39(31)51-42(34)36)28-15-8-16-32-29-13-4-6-21-37(29)49-40(28)32/h1-25H. The van der Waals surface area contributed by atoms with Crippen molar-refractivity contribution in [3.05, 3.63) is 152 Å². The molecule has 0 amide bonds. The molecule has 11 rings (SSSR count). The second kappa shape index (κ2) is 11.4. The topological polar surface area (TPSA) is 38.7 Å². The van der Waals surface area contributed by atoms with Crippen molar-refractivity contribution >= 4 is 94.5 Å². The second-order valence-electron chi connectivity index (χ2n) is 12.7. The van der Waals surface area contributed by atoms with E-state index in [1.165, 1.54) is 71.6 Å². The molecule has 3 nitrogen and oxygen atoms in total. The van der Waals surface area contributed by atoms with Crippen LogP contribution in [0.1, 0.15) is 0 Å². The van der Waals surface area contributed by atoms with E-state index in [0.29, 0.717) is 17.5 Å². The molecule has 4 aromatic heterocycles. The van der Waals surface area contributed by atoms with Crippen LogP contribution in [-0.2, 0) is 0 Å². The van der Waals surface area contributed by atoms with Crippen molar-refractivity contribution in [2.45, 2.75) is 0 Å². The van der Waals surface area contributed by atoms with Crippen molar-refractivity contribution in [2.24, 2.45) is 0 Å². The normalized spacial score (nSPS) is 11.9. The van der Waals surface area contributed by atoms with Crippen LogP contribution in [0, 0.1) is 0 Å². The maximum Gasteiger partial charge on any atom is 0.165 e. The average molecular weight is 704 g/mol. The van der Waals surface area contributed by atoms with Gasteiger partial charge in [-0.3, -0.25) is 0 Å². The predicted octanol–water partition coefficient (Wildman–Crippen LogP) is 13.6. The average Bonchev–Trinajstić information content (AvgIpc) is 3.89. The molecule has 0 unspecified atom stereocenters. The number of hydrogen-bond acceptors (Lipinski definition) is 6. The summed E-state index contributed by atoms with van der Waals surface area (Å²) in [5.74, 6) is 2.04. The lowest BCUT2D eigenvalue weighted by Gasteiger charge is -2.09. The number of thiophene rings is 3. The van der Waals surface area contributed by atoms with Crippen LogP contribution < -0.4 is 0 Å². The van der Waals surface area contributed by atoms with Gasteiger partial charge in [0.2, 0.25) is 0 Å². The zero-order valence-corrected chi connectivity index (χ0v) is 29.4. The first-order valence-corrected chi connectivity index (χ1v) is 19.3. The summed E-state index contributed by atoms with van der Waals surface area (Å²) in [6, 6.07) is 54.1. The minimum Gasteiger partial charge on any atom is -0.208 e. The highest BCUT2D eigenvalue weighted by molar-refractivity contribution is 7.27. The molecule has 7 aromatic carbocycles. The van der Waals surface area contributed by atoms with E-state index in [1.807, 2.05) is 40.9 Å². The fourth-order valence-electron chi connectivity index (χ4n) is 7.37. The Morgan fingerprint density at radius 1 is 0.294 bits per heavy atom. The van der Waals surface area contributed by atoms with Crippen LogP contribution in [0.5, 0.6) is 0 Å². The van der Waals surface area contributed by atoms with E-state index < -0.39 is 0 Å². The zero-order chi connectivity index (χ0) is 33.5. The molecular weight excluding hydrogens is 679 g/mol. The van der Waals surface area contributed by atoms with E-state index >= 15 is 0 Å². The quantitative estimate of drug-likeness (QED) is 0.183. The van der Waals surface area contributed by atoms with Crippen LogP contribution in [0.15, 0.2) is 152 Å². The first kappa shape index (κ1) is 29.0. The molecule has 0 spiro atoms. The summed E-state index contributed by atoms with van der Waals surface area (Å²) in [6.07, 6.45) is 0. The summed E-state index contributed by atoms with van der Waals surface area (Å²) in [5, 5.41) is 7.59. The van der Waals surface area contributed by atoms with Gasteiger partial charge in [0.15, 0.2) is 17.5 Å². The van der Waals surface area contributed by atoms with E-state index in [-0.39, 0.29) is 0 Å². The SMILES string of the molecule is c1ccc(-c2nc(-c3cccc4c3sc3ccccc34)nc(-c3cccc4c3sc3cc(-c5cccc6c5sc5ccccc56)ccc34)n2)cc1. The molecule has 6 heteroatoms. The second-order valence-corrected chi connectivity index (χ2v) is 15.9. The van der Waals surface area contributed by atoms with Gasteiger partial charge in [-0.1, -0.05) is 121 Å². The fourth-order valence-corrected chi connectivity index (χ4v) is 11.1. The van der Waals surface area contributed by atoms with Gasteiger partial charge < -0.3 is 0 Å². The van der Waals surface area contributed by atoms with E-state index in [0.717, 1.165) is 16.7 Å². The molecule has 0 atom stereocenters. The highest BCUT2D eigenvalue weighted by Crippen LogP contribution is 2.45. The number of benzene rings is 7. The third kappa shape index (κ3) is 4.58. The van der Waals surface area contributed by atoms with E-state index in [2.05, 4.69) is 133 Å². The van der Waals surface area contributed by atoms with E-state index in [9.17, 15) is 0 Å². The minimum absolute atomic E-state index is 0.672. The Hall–Kier alpha value is -5.79. The Morgan fingerprint density at radius 3 is 1.35 bits per heavy atom. The van der Waals surface area contributed by atoms with Gasteiger partial charge in [0.05, 0.1) is 0 Å². The van der Waals surface area contributed by atoms with Gasteiger partial charge in [-0.05, 0) is 41.5 Å². The summed E-state index contributed by atoms with van der Waals surface area (Å²) in [6.45, 7) is 0. The minimum atomic E-state index is 0.672. The van der Waals surface area contributed by atoms with Crippen LogP contribution in [0.25, 0.3) is 106 Å². The Labute approximate surface area is 304 Å². The molecule has 0 N–H and O–H groups in total. The maximum absolute atomic E-state index is 5.25. The highest BCUT2D eigenvalue weighted by Gasteiger charge is 2.19. The molecule has 0 aliphatic carbocycles. The Kier molecular flexibility index (Phi) is 6.46. The first-order chi connectivity index (χ1) is 25.3. The number of rotatable bonds is 4. The van der Waals surface area contributed by atoms with Gasteiger partial charge in [-0.2, -0.15) is 0 Å².